The van der Waals surface area contributed by atoms with Crippen LogP contribution in [0.25, 0.3) is 10.9 Å². The molecule has 4 aromatic rings. The van der Waals surface area contributed by atoms with Gasteiger partial charge in [0.15, 0.2) is 0 Å². The Morgan fingerprint density at radius 1 is 0.964 bits per heavy atom. The Morgan fingerprint density at radius 2 is 1.75 bits per heavy atom. The zero-order chi connectivity index (χ0) is 19.3. The second-order valence-electron chi connectivity index (χ2n) is 6.24. The Kier molecular flexibility index (Phi) is 5.17. The van der Waals surface area contributed by atoms with Crippen molar-refractivity contribution in [1.29, 1.82) is 0 Å². The van der Waals surface area contributed by atoms with Crippen molar-refractivity contribution in [2.45, 2.75) is 6.54 Å². The molecule has 0 aliphatic carbocycles. The van der Waals surface area contributed by atoms with E-state index in [1.54, 1.807) is 24.4 Å². The van der Waals surface area contributed by atoms with Gasteiger partial charge in [0, 0.05) is 29.9 Å². The molecule has 5 nitrogen and oxygen atoms in total. The summed E-state index contributed by atoms with van der Waals surface area (Å²) in [6.07, 6.45) is 1.64. The maximum absolute atomic E-state index is 12.7. The van der Waals surface area contributed by atoms with E-state index in [0.29, 0.717) is 23.6 Å². The predicted molar refractivity (Wildman–Crippen MR) is 113 cm³/mol. The van der Waals surface area contributed by atoms with Crippen LogP contribution >= 0.6 is 11.6 Å². The number of hydrogen-bond acceptors (Lipinski definition) is 4. The molecule has 4 rings (SSSR count). The number of aromatic nitrogens is 2. The number of pyridine rings is 2. The number of hydrogen-bond donors (Lipinski definition) is 2. The SMILES string of the molecule is O=C(Nc1ccnc(NCc2ccccc2)c1)c1cc2ccccc2nc1Cl. The molecule has 0 saturated heterocycles. The summed E-state index contributed by atoms with van der Waals surface area (Å²) >= 11 is 6.22. The van der Waals surface area contributed by atoms with Crippen LogP contribution in [0.15, 0.2) is 79.0 Å². The number of nitrogens with zero attached hydrogens (tertiary/aromatic N) is 2. The summed E-state index contributed by atoms with van der Waals surface area (Å²) in [7, 11) is 0. The van der Waals surface area contributed by atoms with Crippen LogP contribution in [0.3, 0.4) is 0 Å². The van der Waals surface area contributed by atoms with Crippen molar-refractivity contribution in [1.82, 2.24) is 9.97 Å². The molecule has 2 aromatic heterocycles. The van der Waals surface area contributed by atoms with Gasteiger partial charge in [-0.3, -0.25) is 4.79 Å². The maximum atomic E-state index is 12.7. The molecule has 0 spiro atoms. The molecule has 28 heavy (non-hydrogen) atoms. The highest BCUT2D eigenvalue weighted by Gasteiger charge is 2.13. The van der Waals surface area contributed by atoms with Gasteiger partial charge in [-0.05, 0) is 23.8 Å². The van der Waals surface area contributed by atoms with E-state index in [1.165, 1.54) is 0 Å². The number of carbonyl (C=O) groups is 1. The highest BCUT2D eigenvalue weighted by molar-refractivity contribution is 6.33. The zero-order valence-corrected chi connectivity index (χ0v) is 15.6. The number of benzene rings is 2. The topological polar surface area (TPSA) is 66.9 Å². The number of nitrogens with one attached hydrogen (secondary N) is 2. The second kappa shape index (κ2) is 8.06. The Hall–Kier alpha value is -3.44. The van der Waals surface area contributed by atoms with Crippen LogP contribution in [-0.4, -0.2) is 15.9 Å². The van der Waals surface area contributed by atoms with Crippen molar-refractivity contribution >= 4 is 39.9 Å². The summed E-state index contributed by atoms with van der Waals surface area (Å²) in [4.78, 5) is 21.3. The number of para-hydroxylation sites is 1. The first kappa shape index (κ1) is 17.9. The van der Waals surface area contributed by atoms with Crippen LogP contribution < -0.4 is 10.6 Å². The minimum absolute atomic E-state index is 0.174. The Morgan fingerprint density at radius 3 is 2.61 bits per heavy atom. The lowest BCUT2D eigenvalue weighted by Crippen LogP contribution is -2.13. The van der Waals surface area contributed by atoms with Gasteiger partial charge in [0.25, 0.3) is 5.91 Å². The minimum Gasteiger partial charge on any atom is -0.366 e. The smallest absolute Gasteiger partial charge is 0.258 e. The Balaban J connectivity index is 1.49. The van der Waals surface area contributed by atoms with Gasteiger partial charge in [-0.2, -0.15) is 0 Å². The van der Waals surface area contributed by atoms with Crippen molar-refractivity contribution in [2.24, 2.45) is 0 Å². The molecule has 0 bridgehead atoms. The second-order valence-corrected chi connectivity index (χ2v) is 6.60. The fraction of sp³-hybridized carbons (Fsp3) is 0.0455. The van der Waals surface area contributed by atoms with E-state index in [4.69, 9.17) is 11.6 Å². The van der Waals surface area contributed by atoms with Crippen molar-refractivity contribution < 1.29 is 4.79 Å². The van der Waals surface area contributed by atoms with Crippen LogP contribution in [-0.2, 0) is 6.54 Å². The van der Waals surface area contributed by atoms with Gasteiger partial charge in [0.1, 0.15) is 11.0 Å². The summed E-state index contributed by atoms with van der Waals surface area (Å²) in [5.41, 5.74) is 2.85. The molecular weight excluding hydrogens is 372 g/mol. The molecular formula is C22H17ClN4O. The van der Waals surface area contributed by atoms with Gasteiger partial charge >= 0.3 is 0 Å². The standard InChI is InChI=1S/C22H17ClN4O/c23-21-18(12-16-8-4-5-9-19(16)27-21)22(28)26-17-10-11-24-20(13-17)25-14-15-6-2-1-3-7-15/h1-13H,14H2,(H2,24,25,26,28). The van der Waals surface area contributed by atoms with Crippen molar-refractivity contribution in [3.8, 4) is 0 Å². The third-order valence-electron chi connectivity index (χ3n) is 4.26. The van der Waals surface area contributed by atoms with E-state index in [1.807, 2.05) is 54.6 Å². The highest BCUT2D eigenvalue weighted by Crippen LogP contribution is 2.22. The molecule has 2 N–H and O–H groups in total. The molecule has 6 heteroatoms. The quantitative estimate of drug-likeness (QED) is 0.464. The number of amides is 1. The van der Waals surface area contributed by atoms with Gasteiger partial charge < -0.3 is 10.6 Å². The largest absolute Gasteiger partial charge is 0.366 e. The summed E-state index contributed by atoms with van der Waals surface area (Å²) in [5.74, 6) is 0.354. The van der Waals surface area contributed by atoms with Crippen molar-refractivity contribution in [3.05, 3.63) is 95.3 Å². The summed E-state index contributed by atoms with van der Waals surface area (Å²) in [5, 5.41) is 7.14. The molecule has 0 aliphatic rings. The average Bonchev–Trinajstić information content (AvgIpc) is 2.73. The fourth-order valence-electron chi connectivity index (χ4n) is 2.84. The molecule has 0 unspecified atom stereocenters. The Labute approximate surface area is 167 Å². The molecule has 138 valence electrons. The fourth-order valence-corrected chi connectivity index (χ4v) is 3.07. The summed E-state index contributed by atoms with van der Waals surface area (Å²) in [6, 6.07) is 22.8. The maximum Gasteiger partial charge on any atom is 0.258 e. The van der Waals surface area contributed by atoms with Gasteiger partial charge in [0.05, 0.1) is 11.1 Å². The third kappa shape index (κ3) is 4.10. The van der Waals surface area contributed by atoms with Crippen LogP contribution in [0.5, 0.6) is 0 Å². The van der Waals surface area contributed by atoms with E-state index in [2.05, 4.69) is 20.6 Å². The highest BCUT2D eigenvalue weighted by atomic mass is 35.5. The van der Waals surface area contributed by atoms with E-state index in [0.717, 1.165) is 16.5 Å². The monoisotopic (exact) mass is 388 g/mol. The van der Waals surface area contributed by atoms with E-state index < -0.39 is 0 Å². The van der Waals surface area contributed by atoms with Crippen molar-refractivity contribution in [2.75, 3.05) is 10.6 Å². The zero-order valence-electron chi connectivity index (χ0n) is 14.9. The molecule has 0 radical (unpaired) electrons. The first-order valence-corrected chi connectivity index (χ1v) is 9.17. The summed E-state index contributed by atoms with van der Waals surface area (Å²) < 4.78 is 0. The Bertz CT molecular complexity index is 1130. The van der Waals surface area contributed by atoms with Gasteiger partial charge in [-0.1, -0.05) is 60.1 Å². The third-order valence-corrected chi connectivity index (χ3v) is 4.54. The lowest BCUT2D eigenvalue weighted by atomic mass is 10.1. The summed E-state index contributed by atoms with van der Waals surface area (Å²) in [6.45, 7) is 0.645. The van der Waals surface area contributed by atoms with Crippen LogP contribution in [0.2, 0.25) is 5.15 Å². The molecule has 2 aromatic carbocycles. The number of fused-ring (bicyclic) bond motifs is 1. The van der Waals surface area contributed by atoms with E-state index in [-0.39, 0.29) is 11.1 Å². The molecule has 0 atom stereocenters. The normalized spacial score (nSPS) is 10.6. The number of rotatable bonds is 5. The number of anilines is 2. The molecule has 2 heterocycles. The molecule has 0 saturated carbocycles. The van der Waals surface area contributed by atoms with Crippen LogP contribution in [0, 0.1) is 0 Å². The van der Waals surface area contributed by atoms with Crippen LogP contribution in [0.1, 0.15) is 15.9 Å². The number of carbonyl (C=O) groups excluding carboxylic acids is 1. The lowest BCUT2D eigenvalue weighted by Gasteiger charge is -2.10. The molecule has 0 aliphatic heterocycles. The van der Waals surface area contributed by atoms with Crippen molar-refractivity contribution in [3.63, 3.8) is 0 Å². The average molecular weight is 389 g/mol. The predicted octanol–water partition coefficient (Wildman–Crippen LogP) is 5.15. The van der Waals surface area contributed by atoms with Crippen LogP contribution in [0.4, 0.5) is 11.5 Å². The molecule has 0 fully saturated rings. The first-order chi connectivity index (χ1) is 13.7. The van der Waals surface area contributed by atoms with Gasteiger partial charge in [0.2, 0.25) is 0 Å². The van der Waals surface area contributed by atoms with E-state index >= 15 is 0 Å². The number of halogens is 1. The van der Waals surface area contributed by atoms with Gasteiger partial charge in [-0.25, -0.2) is 9.97 Å². The first-order valence-electron chi connectivity index (χ1n) is 8.79. The van der Waals surface area contributed by atoms with Gasteiger partial charge in [-0.15, -0.1) is 0 Å². The minimum atomic E-state index is -0.316. The van der Waals surface area contributed by atoms with E-state index in [9.17, 15) is 4.79 Å². The molecule has 1 amide bonds. The lowest BCUT2D eigenvalue weighted by molar-refractivity contribution is 0.102.